The van der Waals surface area contributed by atoms with Gasteiger partial charge in [-0.15, -0.1) is 0 Å². The summed E-state index contributed by atoms with van der Waals surface area (Å²) in [7, 11) is 9.15. The fraction of sp³-hybridized carbons (Fsp3) is 0.167. The van der Waals surface area contributed by atoms with Gasteiger partial charge in [-0.05, 0) is 35.4 Å². The number of aliphatic carboxylic acids is 2. The molecule has 0 atom stereocenters. The fourth-order valence-electron chi connectivity index (χ4n) is 6.52. The number of benzene rings is 6. The average Bonchev–Trinajstić information content (AvgIpc) is 3.16. The van der Waals surface area contributed by atoms with Gasteiger partial charge in [0.2, 0.25) is 0 Å². The molecule has 0 aromatic heterocycles. The van der Waals surface area contributed by atoms with Crippen LogP contribution in [0.3, 0.4) is 0 Å². The molecule has 0 fully saturated rings. The molecule has 0 heterocycles. The standard InChI is InChI=1S/2C22H24N.C4H4O4/c2*1-23(2,18-20-13-7-4-8-14-20)22-16-10-9-15-21(22)17-19-11-5-3-6-12-19;5-3(6)1-2-4(7)8/h2*3-16H,17-18H2,1-2H3;1-2H,(H,5,6)(H,7,8)/q2*+1;/p-2/b;;2-1+. The van der Waals surface area contributed by atoms with Crippen LogP contribution < -0.4 is 19.2 Å². The lowest BCUT2D eigenvalue weighted by Gasteiger charge is -2.31. The minimum atomic E-state index is -1.55. The zero-order valence-electron chi connectivity index (χ0n) is 31.7. The minimum Gasteiger partial charge on any atom is -0.545 e. The molecule has 6 nitrogen and oxygen atoms in total. The van der Waals surface area contributed by atoms with Crippen molar-refractivity contribution in [2.75, 3.05) is 28.2 Å². The number of carboxylic acid groups (broad SMARTS) is 2. The summed E-state index contributed by atoms with van der Waals surface area (Å²) in [5.74, 6) is -3.09. The third kappa shape index (κ3) is 13.5. The lowest BCUT2D eigenvalue weighted by Crippen LogP contribution is -2.40. The number of carbonyl (C=O) groups excluding carboxylic acids is 2. The number of rotatable bonds is 12. The Hall–Kier alpha value is -6.08. The number of para-hydroxylation sites is 2. The normalized spacial score (nSPS) is 11.1. The largest absolute Gasteiger partial charge is 0.545 e. The monoisotopic (exact) mass is 718 g/mol. The number of quaternary nitrogens is 2. The maximum Gasteiger partial charge on any atom is 0.136 e. The zero-order chi connectivity index (χ0) is 38.8. The Kier molecular flexibility index (Phi) is 15.2. The Balaban J connectivity index is 0.000000201. The molecule has 6 aromatic carbocycles. The van der Waals surface area contributed by atoms with Crippen LogP contribution in [0.5, 0.6) is 0 Å². The summed E-state index contributed by atoms with van der Waals surface area (Å²) in [6, 6.07) is 60.5. The van der Waals surface area contributed by atoms with Crippen molar-refractivity contribution < 1.29 is 19.8 Å². The highest BCUT2D eigenvalue weighted by atomic mass is 16.4. The molecule has 276 valence electrons. The molecule has 0 aliphatic rings. The summed E-state index contributed by atoms with van der Waals surface area (Å²) in [6.45, 7) is 1.99. The quantitative estimate of drug-likeness (QED) is 0.0997. The van der Waals surface area contributed by atoms with E-state index in [0.717, 1.165) is 34.9 Å². The van der Waals surface area contributed by atoms with Crippen molar-refractivity contribution in [1.29, 1.82) is 0 Å². The van der Waals surface area contributed by atoms with Crippen LogP contribution in [-0.2, 0) is 35.5 Å². The molecule has 0 aliphatic carbocycles. The molecule has 0 unspecified atom stereocenters. The van der Waals surface area contributed by atoms with E-state index in [1.54, 1.807) is 0 Å². The van der Waals surface area contributed by atoms with Crippen molar-refractivity contribution in [2.45, 2.75) is 25.9 Å². The molecule has 0 aliphatic heterocycles. The minimum absolute atomic E-state index is 0.384. The molecule has 6 rings (SSSR count). The van der Waals surface area contributed by atoms with Crippen LogP contribution in [0.1, 0.15) is 33.4 Å². The summed E-state index contributed by atoms with van der Waals surface area (Å²) < 4.78 is 1.71. The van der Waals surface area contributed by atoms with Crippen molar-refractivity contribution in [3.8, 4) is 0 Å². The number of nitrogens with zero attached hydrogens (tertiary/aromatic N) is 2. The van der Waals surface area contributed by atoms with Crippen LogP contribution in [0.25, 0.3) is 0 Å². The van der Waals surface area contributed by atoms with Crippen LogP contribution in [0, 0.1) is 0 Å². The van der Waals surface area contributed by atoms with Gasteiger partial charge in [0.1, 0.15) is 24.5 Å². The maximum atomic E-state index is 9.41. The maximum absolute atomic E-state index is 9.41. The van der Waals surface area contributed by atoms with E-state index in [4.69, 9.17) is 0 Å². The van der Waals surface area contributed by atoms with Crippen LogP contribution in [0.2, 0.25) is 0 Å². The molecule has 54 heavy (non-hydrogen) atoms. The van der Waals surface area contributed by atoms with Gasteiger partial charge in [0, 0.05) is 35.1 Å². The van der Waals surface area contributed by atoms with E-state index in [-0.39, 0.29) is 0 Å². The van der Waals surface area contributed by atoms with Crippen molar-refractivity contribution in [2.24, 2.45) is 0 Å². The van der Waals surface area contributed by atoms with Crippen molar-refractivity contribution in [3.05, 3.63) is 215 Å². The molecule has 0 saturated carbocycles. The van der Waals surface area contributed by atoms with Gasteiger partial charge in [-0.3, -0.25) is 8.97 Å². The number of hydrogen-bond acceptors (Lipinski definition) is 4. The van der Waals surface area contributed by atoms with E-state index in [0.29, 0.717) is 12.2 Å². The Labute approximate surface area is 320 Å². The van der Waals surface area contributed by atoms with Crippen molar-refractivity contribution >= 4 is 23.3 Å². The summed E-state index contributed by atoms with van der Waals surface area (Å²) >= 11 is 0. The molecule has 0 saturated heterocycles. The van der Waals surface area contributed by atoms with E-state index in [1.807, 2.05) is 0 Å². The summed E-state index contributed by atoms with van der Waals surface area (Å²) in [5, 5.41) is 18.8. The first-order valence-corrected chi connectivity index (χ1v) is 18.0. The Morgan fingerprint density at radius 1 is 0.407 bits per heavy atom. The van der Waals surface area contributed by atoms with Crippen LogP contribution in [-0.4, -0.2) is 40.1 Å². The highest BCUT2D eigenvalue weighted by Gasteiger charge is 2.24. The van der Waals surface area contributed by atoms with Gasteiger partial charge < -0.3 is 19.8 Å². The van der Waals surface area contributed by atoms with Gasteiger partial charge in [0.15, 0.2) is 0 Å². The van der Waals surface area contributed by atoms with Crippen molar-refractivity contribution in [1.82, 2.24) is 8.97 Å². The lowest BCUT2D eigenvalue weighted by atomic mass is 10.0. The highest BCUT2D eigenvalue weighted by Crippen LogP contribution is 2.30. The van der Waals surface area contributed by atoms with Gasteiger partial charge in [-0.2, -0.15) is 0 Å². The van der Waals surface area contributed by atoms with E-state index in [1.165, 1.54) is 44.8 Å². The van der Waals surface area contributed by atoms with Crippen LogP contribution in [0.4, 0.5) is 11.4 Å². The van der Waals surface area contributed by atoms with E-state index in [2.05, 4.69) is 198 Å². The van der Waals surface area contributed by atoms with Gasteiger partial charge in [0.05, 0.1) is 40.1 Å². The topological polar surface area (TPSA) is 80.3 Å². The summed E-state index contributed by atoms with van der Waals surface area (Å²) in [6.07, 6.45) is 2.73. The first kappa shape index (κ1) is 40.7. The second-order valence-corrected chi connectivity index (χ2v) is 14.2. The first-order chi connectivity index (χ1) is 25.9. The Morgan fingerprint density at radius 2 is 0.667 bits per heavy atom. The van der Waals surface area contributed by atoms with Crippen LogP contribution >= 0.6 is 0 Å². The molecule has 0 spiro atoms. The Morgan fingerprint density at radius 3 is 0.963 bits per heavy atom. The third-order valence-electron chi connectivity index (χ3n) is 8.96. The lowest BCUT2D eigenvalue weighted by molar-refractivity contribution is -0.301. The second-order valence-electron chi connectivity index (χ2n) is 14.2. The molecule has 0 radical (unpaired) electrons. The average molecular weight is 719 g/mol. The van der Waals surface area contributed by atoms with E-state index in [9.17, 15) is 19.8 Å². The number of hydrogen-bond donors (Lipinski definition) is 0. The number of carboxylic acids is 2. The third-order valence-corrected chi connectivity index (χ3v) is 8.96. The predicted octanol–water partition coefficient (Wildman–Crippen LogP) is 7.13. The zero-order valence-corrected chi connectivity index (χ0v) is 31.7. The molecule has 6 heteroatoms. The van der Waals surface area contributed by atoms with E-state index >= 15 is 0 Å². The molecule has 0 bridgehead atoms. The van der Waals surface area contributed by atoms with E-state index < -0.39 is 11.9 Å². The smallest absolute Gasteiger partial charge is 0.136 e. The molecular formula is C48H50N2O4. The summed E-state index contributed by atoms with van der Waals surface area (Å²) in [4.78, 5) is 18.8. The van der Waals surface area contributed by atoms with Crippen molar-refractivity contribution in [3.63, 3.8) is 0 Å². The fourth-order valence-corrected chi connectivity index (χ4v) is 6.52. The summed E-state index contributed by atoms with van der Waals surface area (Å²) in [5.41, 5.74) is 11.0. The molecule has 0 amide bonds. The van der Waals surface area contributed by atoms with Gasteiger partial charge in [-0.1, -0.05) is 158 Å². The van der Waals surface area contributed by atoms with Gasteiger partial charge in [0.25, 0.3) is 0 Å². The van der Waals surface area contributed by atoms with Crippen LogP contribution in [0.15, 0.2) is 182 Å². The highest BCUT2D eigenvalue weighted by molar-refractivity contribution is 5.87. The number of carbonyl (C=O) groups is 2. The predicted molar refractivity (Wildman–Crippen MR) is 218 cm³/mol. The van der Waals surface area contributed by atoms with Gasteiger partial charge in [-0.25, -0.2) is 0 Å². The molecule has 6 aromatic rings. The van der Waals surface area contributed by atoms with Gasteiger partial charge >= 0.3 is 0 Å². The molecular weight excluding hydrogens is 669 g/mol. The SMILES string of the molecule is C[N+](C)(Cc1ccccc1)c1ccccc1Cc1ccccc1.C[N+](C)(Cc1ccccc1)c1ccccc1Cc1ccccc1.O=C([O-])/C=C/C(=O)[O-]. The molecule has 0 N–H and O–H groups in total. The second kappa shape index (κ2) is 20.2. The first-order valence-electron chi connectivity index (χ1n) is 18.0. The Bertz CT molecular complexity index is 1910.